The Morgan fingerprint density at radius 2 is 1.71 bits per heavy atom. The summed E-state index contributed by atoms with van der Waals surface area (Å²) in [5.74, 6) is 0.621. The molecule has 3 nitrogen and oxygen atoms in total. The van der Waals surface area contributed by atoms with Gasteiger partial charge in [-0.2, -0.15) is 0 Å². The van der Waals surface area contributed by atoms with Crippen LogP contribution in [0.25, 0.3) is 0 Å². The minimum absolute atomic E-state index is 0.619. The number of aryl methyl sites for hydroxylation is 2. The fourth-order valence-electron chi connectivity index (χ4n) is 1.18. The van der Waals surface area contributed by atoms with Crippen LogP contribution in [-0.4, -0.2) is 14.2 Å². The van der Waals surface area contributed by atoms with Crippen LogP contribution in [0.15, 0.2) is 12.1 Å². The minimum atomic E-state index is -1.80. The van der Waals surface area contributed by atoms with Crippen LogP contribution in [0, 0.1) is 13.8 Å². The zero-order valence-electron chi connectivity index (χ0n) is 8.83. The number of ether oxygens (including phenoxy) is 1. The van der Waals surface area contributed by atoms with Crippen molar-refractivity contribution in [2.75, 3.05) is 14.2 Å². The third-order valence-electron chi connectivity index (χ3n) is 2.16. The fourth-order valence-corrected chi connectivity index (χ4v) is 2.01. The number of methoxy groups -OCH3 is 1. The molecular formula is C10H14O3P+. The van der Waals surface area contributed by atoms with E-state index in [-0.39, 0.29) is 0 Å². The van der Waals surface area contributed by atoms with E-state index in [1.807, 2.05) is 26.0 Å². The second kappa shape index (κ2) is 4.54. The SMILES string of the molecule is COc1cc(C)c(C)cc1[P+](=O)OC. The molecule has 0 saturated carbocycles. The van der Waals surface area contributed by atoms with Crippen molar-refractivity contribution in [3.8, 4) is 5.75 Å². The third kappa shape index (κ3) is 2.11. The molecule has 0 aliphatic heterocycles. The number of hydrogen-bond donors (Lipinski definition) is 0. The van der Waals surface area contributed by atoms with Crippen LogP contribution >= 0.6 is 8.03 Å². The van der Waals surface area contributed by atoms with Gasteiger partial charge in [0.2, 0.25) is 0 Å². The molecule has 1 aromatic rings. The van der Waals surface area contributed by atoms with E-state index in [1.165, 1.54) is 7.11 Å². The summed E-state index contributed by atoms with van der Waals surface area (Å²) in [7, 11) is 1.18. The molecule has 1 unspecified atom stereocenters. The molecule has 0 aliphatic carbocycles. The lowest BCUT2D eigenvalue weighted by atomic mass is 10.1. The van der Waals surface area contributed by atoms with Crippen molar-refractivity contribution in [1.29, 1.82) is 0 Å². The van der Waals surface area contributed by atoms with E-state index < -0.39 is 8.03 Å². The highest BCUT2D eigenvalue weighted by molar-refractivity contribution is 7.48. The van der Waals surface area contributed by atoms with Gasteiger partial charge in [0.1, 0.15) is 0 Å². The summed E-state index contributed by atoms with van der Waals surface area (Å²) in [6.07, 6.45) is 0. The molecule has 1 rings (SSSR count). The Kier molecular flexibility index (Phi) is 3.62. The van der Waals surface area contributed by atoms with Crippen LogP contribution in [-0.2, 0) is 9.09 Å². The normalized spacial score (nSPS) is 11.3. The van der Waals surface area contributed by atoms with E-state index in [1.54, 1.807) is 7.11 Å². The van der Waals surface area contributed by atoms with E-state index in [2.05, 4.69) is 0 Å². The predicted molar refractivity (Wildman–Crippen MR) is 56.7 cm³/mol. The van der Waals surface area contributed by atoms with Gasteiger partial charge in [0.05, 0.1) is 14.2 Å². The lowest BCUT2D eigenvalue weighted by Gasteiger charge is -2.03. The van der Waals surface area contributed by atoms with Crippen molar-refractivity contribution in [2.45, 2.75) is 13.8 Å². The van der Waals surface area contributed by atoms with E-state index in [9.17, 15) is 4.57 Å². The van der Waals surface area contributed by atoms with Crippen LogP contribution in [0.1, 0.15) is 11.1 Å². The number of hydrogen-bond acceptors (Lipinski definition) is 3. The Morgan fingerprint density at radius 1 is 1.14 bits per heavy atom. The summed E-state index contributed by atoms with van der Waals surface area (Å²) in [6.45, 7) is 3.96. The molecule has 76 valence electrons. The summed E-state index contributed by atoms with van der Waals surface area (Å²) >= 11 is 0. The van der Waals surface area contributed by atoms with Gasteiger partial charge in [-0.15, -0.1) is 4.52 Å². The molecule has 0 N–H and O–H groups in total. The van der Waals surface area contributed by atoms with Crippen LogP contribution in [0.5, 0.6) is 5.75 Å². The van der Waals surface area contributed by atoms with E-state index in [0.29, 0.717) is 11.1 Å². The first kappa shape index (κ1) is 11.2. The average molecular weight is 213 g/mol. The summed E-state index contributed by atoms with van der Waals surface area (Å²) in [6, 6.07) is 3.72. The number of rotatable bonds is 3. The Morgan fingerprint density at radius 3 is 2.21 bits per heavy atom. The fraction of sp³-hybridized carbons (Fsp3) is 0.400. The van der Waals surface area contributed by atoms with E-state index in [4.69, 9.17) is 9.26 Å². The van der Waals surface area contributed by atoms with Crippen molar-refractivity contribution < 1.29 is 13.8 Å². The molecule has 0 radical (unpaired) electrons. The monoisotopic (exact) mass is 213 g/mol. The highest BCUT2D eigenvalue weighted by Crippen LogP contribution is 2.28. The first-order chi connectivity index (χ1) is 6.60. The van der Waals surface area contributed by atoms with Crippen LogP contribution in [0.2, 0.25) is 0 Å². The maximum absolute atomic E-state index is 11.5. The van der Waals surface area contributed by atoms with Gasteiger partial charge < -0.3 is 4.74 Å². The van der Waals surface area contributed by atoms with Gasteiger partial charge in [-0.25, -0.2) is 0 Å². The lowest BCUT2D eigenvalue weighted by molar-refractivity contribution is 0.408. The second-order valence-corrected chi connectivity index (χ2v) is 4.41. The molecule has 0 aromatic heterocycles. The molecule has 14 heavy (non-hydrogen) atoms. The smallest absolute Gasteiger partial charge is 0.492 e. The van der Waals surface area contributed by atoms with Gasteiger partial charge in [-0.1, -0.05) is 0 Å². The van der Waals surface area contributed by atoms with Crippen molar-refractivity contribution in [1.82, 2.24) is 0 Å². The highest BCUT2D eigenvalue weighted by Gasteiger charge is 2.26. The Hall–Kier alpha value is -0.920. The molecule has 0 aliphatic rings. The molecule has 0 spiro atoms. The second-order valence-electron chi connectivity index (χ2n) is 3.05. The Balaban J connectivity index is 3.27. The molecule has 0 saturated heterocycles. The van der Waals surface area contributed by atoms with Gasteiger partial charge in [0, 0.05) is 6.07 Å². The first-order valence-corrected chi connectivity index (χ1v) is 5.44. The standard InChI is InChI=1S/C10H14O3P/c1-7-5-9(12-3)10(6-8(7)2)14(11)13-4/h5-6H,1-4H3/q+1. The van der Waals surface area contributed by atoms with Gasteiger partial charge in [-0.05, 0) is 35.6 Å². The molecular weight excluding hydrogens is 199 g/mol. The van der Waals surface area contributed by atoms with Gasteiger partial charge in [0.15, 0.2) is 5.75 Å². The van der Waals surface area contributed by atoms with Gasteiger partial charge in [0.25, 0.3) is 5.30 Å². The quantitative estimate of drug-likeness (QED) is 0.723. The molecule has 1 aromatic carbocycles. The summed E-state index contributed by atoms with van der Waals surface area (Å²) in [4.78, 5) is 0. The maximum atomic E-state index is 11.5. The maximum Gasteiger partial charge on any atom is 0.552 e. The number of benzene rings is 1. The van der Waals surface area contributed by atoms with E-state index in [0.717, 1.165) is 11.1 Å². The Bertz CT molecular complexity index is 361. The summed E-state index contributed by atoms with van der Waals surface area (Å²) in [5, 5.41) is 0.619. The van der Waals surface area contributed by atoms with Crippen molar-refractivity contribution in [2.24, 2.45) is 0 Å². The molecule has 0 fully saturated rings. The summed E-state index contributed by atoms with van der Waals surface area (Å²) in [5.41, 5.74) is 2.20. The van der Waals surface area contributed by atoms with E-state index >= 15 is 0 Å². The molecule has 0 bridgehead atoms. The first-order valence-electron chi connectivity index (χ1n) is 4.26. The molecule has 1 atom stereocenters. The van der Waals surface area contributed by atoms with Crippen LogP contribution in [0.4, 0.5) is 0 Å². The zero-order valence-corrected chi connectivity index (χ0v) is 9.72. The van der Waals surface area contributed by atoms with Crippen molar-refractivity contribution in [3.05, 3.63) is 23.3 Å². The third-order valence-corrected chi connectivity index (χ3v) is 3.23. The molecule has 0 heterocycles. The van der Waals surface area contributed by atoms with Crippen molar-refractivity contribution in [3.63, 3.8) is 0 Å². The lowest BCUT2D eigenvalue weighted by Crippen LogP contribution is -2.05. The van der Waals surface area contributed by atoms with Gasteiger partial charge >= 0.3 is 8.03 Å². The van der Waals surface area contributed by atoms with Crippen molar-refractivity contribution >= 4 is 13.3 Å². The molecule has 4 heteroatoms. The van der Waals surface area contributed by atoms with Gasteiger partial charge in [-0.3, -0.25) is 0 Å². The van der Waals surface area contributed by atoms with Crippen LogP contribution in [0.3, 0.4) is 0 Å². The highest BCUT2D eigenvalue weighted by atomic mass is 31.1. The zero-order chi connectivity index (χ0) is 10.7. The topological polar surface area (TPSA) is 35.5 Å². The van der Waals surface area contributed by atoms with Crippen LogP contribution < -0.4 is 10.0 Å². The molecule has 0 amide bonds. The Labute approximate surface area is 84.9 Å². The minimum Gasteiger partial charge on any atom is -0.492 e. The summed E-state index contributed by atoms with van der Waals surface area (Å²) < 4.78 is 21.4. The largest absolute Gasteiger partial charge is 0.552 e. The average Bonchev–Trinajstić information content (AvgIpc) is 2.20. The predicted octanol–water partition coefficient (Wildman–Crippen LogP) is 2.33.